The molecule has 0 aliphatic carbocycles. The summed E-state index contributed by atoms with van der Waals surface area (Å²) in [5.41, 5.74) is 3.39. The van der Waals surface area contributed by atoms with Crippen LogP contribution in [0.4, 0.5) is 0 Å². The van der Waals surface area contributed by atoms with E-state index in [-0.39, 0.29) is 16.9 Å². The van der Waals surface area contributed by atoms with E-state index in [2.05, 4.69) is 5.43 Å². The van der Waals surface area contributed by atoms with Crippen molar-refractivity contribution in [3.05, 3.63) is 71.5 Å². The Hall–Kier alpha value is -3.41. The van der Waals surface area contributed by atoms with Gasteiger partial charge in [-0.05, 0) is 24.3 Å². The van der Waals surface area contributed by atoms with Crippen molar-refractivity contribution < 1.29 is 18.8 Å². The number of furan rings is 1. The molecule has 0 spiro atoms. The lowest BCUT2D eigenvalue weighted by Gasteiger charge is -2.13. The van der Waals surface area contributed by atoms with Gasteiger partial charge in [0.2, 0.25) is 0 Å². The van der Waals surface area contributed by atoms with Crippen molar-refractivity contribution in [1.29, 1.82) is 0 Å². The third-order valence-electron chi connectivity index (χ3n) is 3.66. The molecule has 0 radical (unpaired) electrons. The van der Waals surface area contributed by atoms with Crippen LogP contribution in [0.25, 0.3) is 11.0 Å². The van der Waals surface area contributed by atoms with Gasteiger partial charge in [0.25, 0.3) is 11.8 Å². The van der Waals surface area contributed by atoms with Gasteiger partial charge >= 0.3 is 5.91 Å². The van der Waals surface area contributed by atoms with Crippen molar-refractivity contribution in [2.24, 2.45) is 0 Å². The topological polar surface area (TPSA) is 79.6 Å². The molecule has 1 N–H and O–H groups in total. The summed E-state index contributed by atoms with van der Waals surface area (Å²) in [5, 5.41) is 1.47. The molecular formula is C17H10N2O4. The fraction of sp³-hybridized carbons (Fsp3) is 0. The smallest absolute Gasteiger partial charge is 0.306 e. The first-order chi connectivity index (χ1) is 11.1. The highest BCUT2D eigenvalue weighted by atomic mass is 16.3. The summed E-state index contributed by atoms with van der Waals surface area (Å²) >= 11 is 0. The van der Waals surface area contributed by atoms with Crippen molar-refractivity contribution in [1.82, 2.24) is 10.4 Å². The number of nitrogens with one attached hydrogen (secondary N) is 1. The number of hydrogen-bond donors (Lipinski definition) is 1. The highest BCUT2D eigenvalue weighted by Gasteiger charge is 2.37. The Kier molecular flexibility index (Phi) is 2.77. The summed E-state index contributed by atoms with van der Waals surface area (Å²) in [6.45, 7) is 0. The average Bonchev–Trinajstić information content (AvgIpc) is 3.11. The molecule has 2 heterocycles. The fourth-order valence-electron chi connectivity index (χ4n) is 2.54. The second kappa shape index (κ2) is 4.81. The minimum Gasteiger partial charge on any atom is -0.451 e. The summed E-state index contributed by atoms with van der Waals surface area (Å²) in [4.78, 5) is 36.7. The second-order valence-electron chi connectivity index (χ2n) is 5.08. The summed E-state index contributed by atoms with van der Waals surface area (Å²) in [7, 11) is 0. The summed E-state index contributed by atoms with van der Waals surface area (Å²) in [5.74, 6) is -1.75. The predicted octanol–water partition coefficient (Wildman–Crippen LogP) is 2.37. The van der Waals surface area contributed by atoms with E-state index in [0.29, 0.717) is 10.6 Å². The maximum atomic E-state index is 12.3. The van der Waals surface area contributed by atoms with Gasteiger partial charge in [0.1, 0.15) is 5.58 Å². The number of hydrazine groups is 1. The van der Waals surface area contributed by atoms with Crippen LogP contribution >= 0.6 is 0 Å². The molecular weight excluding hydrogens is 296 g/mol. The van der Waals surface area contributed by atoms with Crippen molar-refractivity contribution in [2.75, 3.05) is 0 Å². The Bertz CT molecular complexity index is 905. The van der Waals surface area contributed by atoms with Crippen LogP contribution in [0.3, 0.4) is 0 Å². The van der Waals surface area contributed by atoms with E-state index in [1.807, 2.05) is 6.07 Å². The number of carbonyl (C=O) groups excluding carboxylic acids is 3. The van der Waals surface area contributed by atoms with Crippen LogP contribution in [0, 0.1) is 0 Å². The standard InChI is InChI=1S/C17H10N2O4/c20-15(14-9-10-5-1-4-8-13(10)23-14)18-19-16(21)11-6-2-3-7-12(11)17(19)22/h1-9H,(H,18,20). The lowest BCUT2D eigenvalue weighted by atomic mass is 10.1. The van der Waals surface area contributed by atoms with E-state index in [0.717, 1.165) is 5.39 Å². The van der Waals surface area contributed by atoms with E-state index in [1.54, 1.807) is 48.5 Å². The molecule has 112 valence electrons. The minimum absolute atomic E-state index is 0.0303. The Morgan fingerprint density at radius 3 is 2.17 bits per heavy atom. The lowest BCUT2D eigenvalue weighted by molar-refractivity contribution is 0.0511. The van der Waals surface area contributed by atoms with E-state index < -0.39 is 17.7 Å². The number of fused-ring (bicyclic) bond motifs is 2. The Morgan fingerprint density at radius 1 is 0.913 bits per heavy atom. The molecule has 2 aromatic carbocycles. The van der Waals surface area contributed by atoms with Gasteiger partial charge in [-0.15, -0.1) is 0 Å². The maximum absolute atomic E-state index is 12.3. The van der Waals surface area contributed by atoms with Crippen molar-refractivity contribution in [3.63, 3.8) is 0 Å². The highest BCUT2D eigenvalue weighted by Crippen LogP contribution is 2.22. The van der Waals surface area contributed by atoms with E-state index >= 15 is 0 Å². The van der Waals surface area contributed by atoms with Crippen LogP contribution in [-0.2, 0) is 0 Å². The van der Waals surface area contributed by atoms with E-state index in [4.69, 9.17) is 4.42 Å². The Morgan fingerprint density at radius 2 is 1.52 bits per heavy atom. The number of amides is 3. The number of para-hydroxylation sites is 1. The normalized spacial score (nSPS) is 13.5. The van der Waals surface area contributed by atoms with Gasteiger partial charge in [0.15, 0.2) is 5.76 Å². The van der Waals surface area contributed by atoms with Crippen LogP contribution in [0.5, 0.6) is 0 Å². The van der Waals surface area contributed by atoms with Crippen LogP contribution in [-0.4, -0.2) is 22.7 Å². The lowest BCUT2D eigenvalue weighted by Crippen LogP contribution is -2.45. The molecule has 1 aliphatic heterocycles. The first-order valence-electron chi connectivity index (χ1n) is 6.92. The number of carbonyl (C=O) groups is 3. The molecule has 0 bridgehead atoms. The molecule has 6 heteroatoms. The van der Waals surface area contributed by atoms with Gasteiger partial charge in [-0.25, -0.2) is 0 Å². The largest absolute Gasteiger partial charge is 0.451 e. The minimum atomic E-state index is -0.657. The van der Waals surface area contributed by atoms with Gasteiger partial charge in [-0.1, -0.05) is 30.3 Å². The first-order valence-corrected chi connectivity index (χ1v) is 6.92. The van der Waals surface area contributed by atoms with E-state index in [9.17, 15) is 14.4 Å². The maximum Gasteiger partial charge on any atom is 0.306 e. The average molecular weight is 306 g/mol. The monoisotopic (exact) mass is 306 g/mol. The number of hydrogen-bond acceptors (Lipinski definition) is 4. The quantitative estimate of drug-likeness (QED) is 0.737. The van der Waals surface area contributed by atoms with E-state index in [1.165, 1.54) is 0 Å². The molecule has 3 aromatic rings. The zero-order valence-corrected chi connectivity index (χ0v) is 11.8. The molecule has 0 saturated carbocycles. The number of rotatable bonds is 2. The molecule has 0 saturated heterocycles. The predicted molar refractivity (Wildman–Crippen MR) is 80.6 cm³/mol. The molecule has 1 aliphatic rings. The molecule has 0 unspecified atom stereocenters. The molecule has 6 nitrogen and oxygen atoms in total. The molecule has 0 atom stereocenters. The van der Waals surface area contributed by atoms with Crippen molar-refractivity contribution >= 4 is 28.7 Å². The SMILES string of the molecule is O=C(NN1C(=O)c2ccccc2C1=O)c1cc2ccccc2o1. The zero-order chi connectivity index (χ0) is 16.0. The Labute approximate surface area is 130 Å². The van der Waals surface area contributed by atoms with Gasteiger partial charge in [-0.3, -0.25) is 19.8 Å². The number of benzene rings is 2. The van der Waals surface area contributed by atoms with Crippen LogP contribution in [0.15, 0.2) is 59.0 Å². The molecule has 23 heavy (non-hydrogen) atoms. The third-order valence-corrected chi connectivity index (χ3v) is 3.66. The van der Waals surface area contributed by atoms with Gasteiger partial charge < -0.3 is 4.42 Å². The van der Waals surface area contributed by atoms with Gasteiger partial charge in [-0.2, -0.15) is 5.01 Å². The second-order valence-corrected chi connectivity index (χ2v) is 5.08. The first kappa shape index (κ1) is 13.3. The van der Waals surface area contributed by atoms with Crippen LogP contribution < -0.4 is 5.43 Å². The van der Waals surface area contributed by atoms with Gasteiger partial charge in [0.05, 0.1) is 11.1 Å². The summed E-state index contributed by atoms with van der Waals surface area (Å²) < 4.78 is 5.43. The van der Waals surface area contributed by atoms with Gasteiger partial charge in [0, 0.05) is 5.39 Å². The summed E-state index contributed by atoms with van der Waals surface area (Å²) in [6, 6.07) is 15.1. The highest BCUT2D eigenvalue weighted by molar-refractivity contribution is 6.22. The van der Waals surface area contributed by atoms with Crippen molar-refractivity contribution in [3.8, 4) is 0 Å². The van der Waals surface area contributed by atoms with Crippen LogP contribution in [0.2, 0.25) is 0 Å². The molecule has 4 rings (SSSR count). The molecule has 1 aromatic heterocycles. The Balaban J connectivity index is 1.62. The van der Waals surface area contributed by atoms with Crippen molar-refractivity contribution in [2.45, 2.75) is 0 Å². The fourth-order valence-corrected chi connectivity index (χ4v) is 2.54. The number of nitrogens with zero attached hydrogens (tertiary/aromatic N) is 1. The third kappa shape index (κ3) is 2.00. The van der Waals surface area contributed by atoms with Crippen LogP contribution in [0.1, 0.15) is 31.3 Å². The number of imide groups is 1. The zero-order valence-electron chi connectivity index (χ0n) is 11.8. The summed E-state index contributed by atoms with van der Waals surface area (Å²) in [6.07, 6.45) is 0. The molecule has 3 amide bonds. The molecule has 0 fully saturated rings.